The minimum absolute atomic E-state index is 0.272. The fourth-order valence-electron chi connectivity index (χ4n) is 2.42. The van der Waals surface area contributed by atoms with Crippen LogP contribution < -0.4 is 4.72 Å². The Labute approximate surface area is 142 Å². The number of pyridine rings is 1. The summed E-state index contributed by atoms with van der Waals surface area (Å²) in [6.45, 7) is 0.342. The summed E-state index contributed by atoms with van der Waals surface area (Å²) in [6.07, 6.45) is 4.04. The Morgan fingerprint density at radius 2 is 1.54 bits per heavy atom. The lowest BCUT2D eigenvalue weighted by Gasteiger charge is -2.08. The number of sulfonamides is 1. The highest BCUT2D eigenvalue weighted by Crippen LogP contribution is 2.20. The Balaban J connectivity index is 1.66. The molecule has 4 nitrogen and oxygen atoms in total. The molecule has 0 aliphatic carbocycles. The molecule has 3 rings (SSSR count). The molecule has 1 aromatic heterocycles. The fourth-order valence-corrected chi connectivity index (χ4v) is 3.45. The van der Waals surface area contributed by atoms with Crippen LogP contribution in [-0.2, 0) is 16.4 Å². The number of hydrogen-bond donors (Lipinski definition) is 1. The lowest BCUT2D eigenvalue weighted by Crippen LogP contribution is -2.26. The maximum atomic E-state index is 12.3. The Morgan fingerprint density at radius 3 is 2.21 bits per heavy atom. The summed E-state index contributed by atoms with van der Waals surface area (Å²) >= 11 is 0. The average Bonchev–Trinajstić information content (AvgIpc) is 2.63. The van der Waals surface area contributed by atoms with Crippen molar-refractivity contribution in [3.05, 3.63) is 84.7 Å². The lowest BCUT2D eigenvalue weighted by atomic mass is 10.1. The van der Waals surface area contributed by atoms with E-state index in [0.717, 1.165) is 16.7 Å². The molecular formula is C19H18N2O2S. The molecule has 0 amide bonds. The van der Waals surface area contributed by atoms with E-state index in [1.165, 1.54) is 0 Å². The molecule has 0 aliphatic heterocycles. The van der Waals surface area contributed by atoms with E-state index in [0.29, 0.717) is 13.0 Å². The van der Waals surface area contributed by atoms with Crippen LogP contribution in [-0.4, -0.2) is 19.9 Å². The van der Waals surface area contributed by atoms with Gasteiger partial charge in [0.2, 0.25) is 10.0 Å². The Morgan fingerprint density at radius 1 is 0.833 bits per heavy atom. The van der Waals surface area contributed by atoms with Crippen LogP contribution in [0.25, 0.3) is 11.1 Å². The molecule has 0 radical (unpaired) electrons. The van der Waals surface area contributed by atoms with Crippen LogP contribution in [0.2, 0.25) is 0 Å². The second-order valence-electron chi connectivity index (χ2n) is 5.40. The molecule has 0 saturated heterocycles. The summed E-state index contributed by atoms with van der Waals surface area (Å²) in [5.74, 6) is 0. The Hall–Kier alpha value is -2.50. The van der Waals surface area contributed by atoms with Gasteiger partial charge >= 0.3 is 0 Å². The molecule has 2 aromatic carbocycles. The number of benzene rings is 2. The van der Waals surface area contributed by atoms with Crippen molar-refractivity contribution in [2.24, 2.45) is 0 Å². The zero-order valence-electron chi connectivity index (χ0n) is 13.1. The molecule has 0 spiro atoms. The van der Waals surface area contributed by atoms with Crippen molar-refractivity contribution in [3.8, 4) is 11.1 Å². The molecular weight excluding hydrogens is 320 g/mol. The summed E-state index contributed by atoms with van der Waals surface area (Å²) < 4.78 is 27.3. The van der Waals surface area contributed by atoms with Gasteiger partial charge in [-0.25, -0.2) is 13.1 Å². The van der Waals surface area contributed by atoms with Crippen LogP contribution in [0.15, 0.2) is 84.0 Å². The van der Waals surface area contributed by atoms with Gasteiger partial charge in [-0.3, -0.25) is 4.98 Å². The van der Waals surface area contributed by atoms with Crippen molar-refractivity contribution in [2.75, 3.05) is 6.54 Å². The van der Waals surface area contributed by atoms with E-state index in [4.69, 9.17) is 0 Å². The van der Waals surface area contributed by atoms with Gasteiger partial charge in [-0.15, -0.1) is 0 Å². The summed E-state index contributed by atoms with van der Waals surface area (Å²) in [4.78, 5) is 4.29. The smallest absolute Gasteiger partial charge is 0.240 e. The molecule has 0 bridgehead atoms. The van der Waals surface area contributed by atoms with E-state index in [9.17, 15) is 8.42 Å². The van der Waals surface area contributed by atoms with Crippen LogP contribution in [0.5, 0.6) is 0 Å². The van der Waals surface area contributed by atoms with Gasteiger partial charge < -0.3 is 0 Å². The number of nitrogens with one attached hydrogen (secondary N) is 1. The number of rotatable bonds is 6. The standard InChI is InChI=1S/C19H18N2O2S/c22-24(23,21-14-12-16-5-4-13-20-15-16)19-10-8-18(9-11-19)17-6-2-1-3-7-17/h1-11,13,15,21H,12,14H2. The maximum Gasteiger partial charge on any atom is 0.240 e. The molecule has 0 fully saturated rings. The quantitative estimate of drug-likeness (QED) is 0.750. The molecule has 1 N–H and O–H groups in total. The average molecular weight is 338 g/mol. The number of hydrogen-bond acceptors (Lipinski definition) is 3. The van der Waals surface area contributed by atoms with Gasteiger partial charge in [-0.05, 0) is 41.3 Å². The molecule has 0 atom stereocenters. The monoisotopic (exact) mass is 338 g/mol. The van der Waals surface area contributed by atoms with Gasteiger partial charge in [0.25, 0.3) is 0 Å². The van der Waals surface area contributed by atoms with E-state index in [2.05, 4.69) is 9.71 Å². The first-order chi connectivity index (χ1) is 11.6. The minimum Gasteiger partial charge on any atom is -0.264 e. The summed E-state index contributed by atoms with van der Waals surface area (Å²) in [5, 5.41) is 0. The normalized spacial score (nSPS) is 11.3. The van der Waals surface area contributed by atoms with Crippen LogP contribution in [0.3, 0.4) is 0 Å². The molecule has 1 heterocycles. The van der Waals surface area contributed by atoms with Crippen molar-refractivity contribution in [1.82, 2.24) is 9.71 Å². The van der Waals surface area contributed by atoms with Gasteiger partial charge in [-0.2, -0.15) is 0 Å². The van der Waals surface area contributed by atoms with Crippen molar-refractivity contribution in [2.45, 2.75) is 11.3 Å². The van der Waals surface area contributed by atoms with Crippen LogP contribution in [0, 0.1) is 0 Å². The van der Waals surface area contributed by atoms with E-state index in [1.807, 2.05) is 54.6 Å². The zero-order valence-corrected chi connectivity index (χ0v) is 13.9. The Bertz CT molecular complexity index is 878. The molecule has 0 unspecified atom stereocenters. The third-order valence-electron chi connectivity index (χ3n) is 3.70. The predicted octanol–water partition coefficient (Wildman–Crippen LogP) is 3.27. The van der Waals surface area contributed by atoms with Crippen LogP contribution in [0.1, 0.15) is 5.56 Å². The van der Waals surface area contributed by atoms with Crippen molar-refractivity contribution in [3.63, 3.8) is 0 Å². The SMILES string of the molecule is O=S(=O)(NCCc1cccnc1)c1ccc(-c2ccccc2)cc1. The van der Waals surface area contributed by atoms with Gasteiger partial charge in [0.15, 0.2) is 0 Å². The van der Waals surface area contributed by atoms with Gasteiger partial charge in [-0.1, -0.05) is 48.5 Å². The van der Waals surface area contributed by atoms with Gasteiger partial charge in [0.05, 0.1) is 4.90 Å². The van der Waals surface area contributed by atoms with E-state index < -0.39 is 10.0 Å². The minimum atomic E-state index is -3.50. The van der Waals surface area contributed by atoms with E-state index in [-0.39, 0.29) is 4.90 Å². The molecule has 24 heavy (non-hydrogen) atoms. The topological polar surface area (TPSA) is 59.1 Å². The van der Waals surface area contributed by atoms with E-state index >= 15 is 0 Å². The highest BCUT2D eigenvalue weighted by atomic mass is 32.2. The Kier molecular flexibility index (Phi) is 5.03. The second kappa shape index (κ2) is 7.38. The largest absolute Gasteiger partial charge is 0.264 e. The number of aromatic nitrogens is 1. The summed E-state index contributed by atoms with van der Waals surface area (Å²) in [6, 6.07) is 20.5. The lowest BCUT2D eigenvalue weighted by molar-refractivity contribution is 0.581. The van der Waals surface area contributed by atoms with Gasteiger partial charge in [0, 0.05) is 18.9 Å². The third-order valence-corrected chi connectivity index (χ3v) is 5.18. The van der Waals surface area contributed by atoms with Crippen molar-refractivity contribution >= 4 is 10.0 Å². The highest BCUT2D eigenvalue weighted by Gasteiger charge is 2.13. The van der Waals surface area contributed by atoms with Crippen molar-refractivity contribution < 1.29 is 8.42 Å². The predicted molar refractivity (Wildman–Crippen MR) is 95.0 cm³/mol. The summed E-state index contributed by atoms with van der Waals surface area (Å²) in [5.41, 5.74) is 3.05. The first kappa shape index (κ1) is 16.4. The van der Waals surface area contributed by atoms with E-state index in [1.54, 1.807) is 24.5 Å². The first-order valence-electron chi connectivity index (χ1n) is 7.69. The number of nitrogens with zero attached hydrogens (tertiary/aromatic N) is 1. The molecule has 5 heteroatoms. The maximum absolute atomic E-state index is 12.3. The van der Waals surface area contributed by atoms with Crippen LogP contribution in [0.4, 0.5) is 0 Å². The molecule has 0 saturated carbocycles. The molecule has 3 aromatic rings. The summed E-state index contributed by atoms with van der Waals surface area (Å²) in [7, 11) is -3.50. The van der Waals surface area contributed by atoms with Crippen LogP contribution >= 0.6 is 0 Å². The third kappa shape index (κ3) is 4.07. The first-order valence-corrected chi connectivity index (χ1v) is 9.17. The highest BCUT2D eigenvalue weighted by molar-refractivity contribution is 7.89. The van der Waals surface area contributed by atoms with Gasteiger partial charge in [0.1, 0.15) is 0 Å². The molecule has 0 aliphatic rings. The van der Waals surface area contributed by atoms with Crippen molar-refractivity contribution in [1.29, 1.82) is 0 Å². The molecule has 122 valence electrons. The second-order valence-corrected chi connectivity index (χ2v) is 7.17. The zero-order chi connectivity index (χ0) is 16.8. The fraction of sp³-hybridized carbons (Fsp3) is 0.105.